The molecule has 0 saturated carbocycles. The van der Waals surface area contributed by atoms with Crippen LogP contribution >= 0.6 is 15.9 Å². The third-order valence-electron chi connectivity index (χ3n) is 3.12. The lowest BCUT2D eigenvalue weighted by Crippen LogP contribution is -2.19. The van der Waals surface area contributed by atoms with Gasteiger partial charge in [0.1, 0.15) is 5.75 Å². The first-order valence-electron chi connectivity index (χ1n) is 5.86. The Morgan fingerprint density at radius 2 is 2.00 bits per heavy atom. The molecular formula is C14H19BrO. The Balaban J connectivity index is 2.67. The number of benzene rings is 1. The molecule has 0 aromatic heterocycles. The van der Waals surface area contributed by atoms with Crippen molar-refractivity contribution in [2.24, 2.45) is 0 Å². The Morgan fingerprint density at radius 1 is 1.31 bits per heavy atom. The predicted molar refractivity (Wildman–Crippen MR) is 71.4 cm³/mol. The minimum absolute atomic E-state index is 0.146. The Hall–Kier alpha value is -0.500. The first-order valence-corrected chi connectivity index (χ1v) is 6.66. The molecule has 0 unspecified atom stereocenters. The van der Waals surface area contributed by atoms with Crippen molar-refractivity contribution >= 4 is 15.9 Å². The normalized spacial score (nSPS) is 15.6. The number of aryl methyl sites for hydroxylation is 1. The SMILES string of the molecule is Cc1cc(C(C)(C)C)c2c(c1Br)CCCO2. The maximum absolute atomic E-state index is 5.89. The zero-order valence-corrected chi connectivity index (χ0v) is 12.1. The zero-order chi connectivity index (χ0) is 11.9. The van der Waals surface area contributed by atoms with Crippen molar-refractivity contribution in [1.29, 1.82) is 0 Å². The summed E-state index contributed by atoms with van der Waals surface area (Å²) in [4.78, 5) is 0. The van der Waals surface area contributed by atoms with E-state index in [0.29, 0.717) is 0 Å². The van der Waals surface area contributed by atoms with Crippen LogP contribution in [0.3, 0.4) is 0 Å². The molecule has 1 heterocycles. The van der Waals surface area contributed by atoms with Crippen molar-refractivity contribution in [3.63, 3.8) is 0 Å². The Bertz CT molecular complexity index is 416. The molecule has 16 heavy (non-hydrogen) atoms. The van der Waals surface area contributed by atoms with Crippen molar-refractivity contribution in [1.82, 2.24) is 0 Å². The third-order valence-corrected chi connectivity index (χ3v) is 4.22. The summed E-state index contributed by atoms with van der Waals surface area (Å²) in [5.41, 5.74) is 4.15. The molecule has 0 aliphatic carbocycles. The van der Waals surface area contributed by atoms with Crippen molar-refractivity contribution < 1.29 is 4.74 Å². The van der Waals surface area contributed by atoms with Crippen molar-refractivity contribution in [2.75, 3.05) is 6.61 Å². The summed E-state index contributed by atoms with van der Waals surface area (Å²) in [6.45, 7) is 9.75. The highest BCUT2D eigenvalue weighted by Crippen LogP contribution is 2.41. The summed E-state index contributed by atoms with van der Waals surface area (Å²) in [7, 11) is 0. The second-order valence-electron chi connectivity index (χ2n) is 5.56. The summed E-state index contributed by atoms with van der Waals surface area (Å²) >= 11 is 3.69. The number of ether oxygens (including phenoxy) is 1. The van der Waals surface area contributed by atoms with E-state index in [1.807, 2.05) is 0 Å². The fraction of sp³-hybridized carbons (Fsp3) is 0.571. The smallest absolute Gasteiger partial charge is 0.127 e. The van der Waals surface area contributed by atoms with Gasteiger partial charge in [0.2, 0.25) is 0 Å². The van der Waals surface area contributed by atoms with Crippen LogP contribution < -0.4 is 4.74 Å². The van der Waals surface area contributed by atoms with Crippen molar-refractivity contribution in [2.45, 2.75) is 46.0 Å². The Kier molecular flexibility index (Phi) is 3.04. The molecule has 0 fully saturated rings. The topological polar surface area (TPSA) is 9.23 Å². The molecule has 0 radical (unpaired) electrons. The minimum atomic E-state index is 0.146. The van der Waals surface area contributed by atoms with Crippen LogP contribution in [0.4, 0.5) is 0 Å². The summed E-state index contributed by atoms with van der Waals surface area (Å²) in [5, 5.41) is 0. The van der Waals surface area contributed by atoms with Gasteiger partial charge < -0.3 is 4.74 Å². The van der Waals surface area contributed by atoms with Crippen molar-refractivity contribution in [3.05, 3.63) is 27.2 Å². The van der Waals surface area contributed by atoms with Gasteiger partial charge in [-0.15, -0.1) is 0 Å². The monoisotopic (exact) mass is 282 g/mol. The first kappa shape index (κ1) is 12.0. The lowest BCUT2D eigenvalue weighted by molar-refractivity contribution is 0.279. The van der Waals surface area contributed by atoms with Gasteiger partial charge in [0.25, 0.3) is 0 Å². The van der Waals surface area contributed by atoms with E-state index >= 15 is 0 Å². The Labute approximate surface area is 106 Å². The molecule has 1 aliphatic heterocycles. The average Bonchev–Trinajstić information content (AvgIpc) is 2.22. The van der Waals surface area contributed by atoms with Crippen LogP contribution in [-0.2, 0) is 11.8 Å². The fourth-order valence-corrected chi connectivity index (χ4v) is 2.71. The van der Waals surface area contributed by atoms with Gasteiger partial charge in [0.05, 0.1) is 6.61 Å². The van der Waals surface area contributed by atoms with E-state index in [0.717, 1.165) is 25.2 Å². The standard InChI is InChI=1S/C14H19BrO/c1-9-8-11(14(2,3)4)13-10(12(9)15)6-5-7-16-13/h8H,5-7H2,1-4H3. The quantitative estimate of drug-likeness (QED) is 0.686. The van der Waals surface area contributed by atoms with E-state index in [1.54, 1.807) is 0 Å². The van der Waals surface area contributed by atoms with E-state index in [4.69, 9.17) is 4.74 Å². The van der Waals surface area contributed by atoms with Crippen LogP contribution in [0.1, 0.15) is 43.9 Å². The van der Waals surface area contributed by atoms with Gasteiger partial charge in [-0.05, 0) is 30.7 Å². The molecule has 0 amide bonds. The van der Waals surface area contributed by atoms with Gasteiger partial charge in [-0.25, -0.2) is 0 Å². The van der Waals surface area contributed by atoms with Gasteiger partial charge >= 0.3 is 0 Å². The lowest BCUT2D eigenvalue weighted by atomic mass is 9.83. The van der Waals surface area contributed by atoms with Gasteiger partial charge in [0.15, 0.2) is 0 Å². The molecule has 0 atom stereocenters. The van der Waals surface area contributed by atoms with E-state index in [1.165, 1.54) is 21.2 Å². The molecule has 0 spiro atoms. The highest BCUT2D eigenvalue weighted by atomic mass is 79.9. The molecule has 1 aromatic rings. The van der Waals surface area contributed by atoms with Gasteiger partial charge in [-0.2, -0.15) is 0 Å². The summed E-state index contributed by atoms with van der Waals surface area (Å²) < 4.78 is 7.12. The van der Waals surface area contributed by atoms with Crippen LogP contribution in [0.25, 0.3) is 0 Å². The van der Waals surface area contributed by atoms with Crippen LogP contribution in [0.5, 0.6) is 5.75 Å². The van der Waals surface area contributed by atoms with E-state index < -0.39 is 0 Å². The number of fused-ring (bicyclic) bond motifs is 1. The number of rotatable bonds is 0. The average molecular weight is 283 g/mol. The predicted octanol–water partition coefficient (Wildman–Crippen LogP) is 4.38. The van der Waals surface area contributed by atoms with Crippen LogP contribution in [0, 0.1) is 6.92 Å². The molecule has 0 bridgehead atoms. The van der Waals surface area contributed by atoms with E-state index in [9.17, 15) is 0 Å². The van der Waals surface area contributed by atoms with Gasteiger partial charge in [-0.3, -0.25) is 0 Å². The van der Waals surface area contributed by atoms with Crippen LogP contribution in [-0.4, -0.2) is 6.61 Å². The Morgan fingerprint density at radius 3 is 2.62 bits per heavy atom. The maximum Gasteiger partial charge on any atom is 0.127 e. The van der Waals surface area contributed by atoms with Gasteiger partial charge in [-0.1, -0.05) is 42.8 Å². The highest BCUT2D eigenvalue weighted by Gasteiger charge is 2.26. The highest BCUT2D eigenvalue weighted by molar-refractivity contribution is 9.10. The minimum Gasteiger partial charge on any atom is -0.493 e. The lowest BCUT2D eigenvalue weighted by Gasteiger charge is -2.29. The fourth-order valence-electron chi connectivity index (χ4n) is 2.21. The number of halogens is 1. The molecule has 1 aromatic carbocycles. The second kappa shape index (κ2) is 4.06. The summed E-state index contributed by atoms with van der Waals surface area (Å²) in [6.07, 6.45) is 2.25. The van der Waals surface area contributed by atoms with Crippen LogP contribution in [0.15, 0.2) is 10.5 Å². The number of hydrogen-bond donors (Lipinski definition) is 0. The van der Waals surface area contributed by atoms with Gasteiger partial charge in [0, 0.05) is 15.6 Å². The molecule has 1 nitrogen and oxygen atoms in total. The third kappa shape index (κ3) is 2.00. The molecular weight excluding hydrogens is 264 g/mol. The molecule has 1 aliphatic rings. The largest absolute Gasteiger partial charge is 0.493 e. The maximum atomic E-state index is 5.89. The van der Waals surface area contributed by atoms with Crippen molar-refractivity contribution in [3.8, 4) is 5.75 Å². The van der Waals surface area contributed by atoms with Crippen LogP contribution in [0.2, 0.25) is 0 Å². The molecule has 2 rings (SSSR count). The zero-order valence-electron chi connectivity index (χ0n) is 10.5. The summed E-state index contributed by atoms with van der Waals surface area (Å²) in [6, 6.07) is 2.26. The second-order valence-corrected chi connectivity index (χ2v) is 6.36. The van der Waals surface area contributed by atoms with E-state index in [-0.39, 0.29) is 5.41 Å². The first-order chi connectivity index (χ1) is 7.41. The summed E-state index contributed by atoms with van der Waals surface area (Å²) in [5.74, 6) is 1.12. The molecule has 0 N–H and O–H groups in total. The number of hydrogen-bond acceptors (Lipinski definition) is 1. The van der Waals surface area contributed by atoms with E-state index in [2.05, 4.69) is 49.7 Å². The molecule has 0 saturated heterocycles. The molecule has 88 valence electrons. The molecule has 2 heteroatoms.